The first-order valence-corrected chi connectivity index (χ1v) is 29.7. The fraction of sp³-hybridized carbons (Fsp3) is 0.375. The zero-order valence-corrected chi connectivity index (χ0v) is 53.5. The highest BCUT2D eigenvalue weighted by molar-refractivity contribution is 6.00. The fourth-order valence-corrected chi connectivity index (χ4v) is 11.5. The molecule has 11 rings (SSSR count). The van der Waals surface area contributed by atoms with Crippen molar-refractivity contribution in [3.8, 4) is 17.2 Å². The van der Waals surface area contributed by atoms with E-state index in [1.165, 1.54) is 50.3 Å². The van der Waals surface area contributed by atoms with Gasteiger partial charge in [0.05, 0.1) is 110 Å². The highest BCUT2D eigenvalue weighted by atomic mass is 19.2. The average Bonchev–Trinajstić information content (AvgIpc) is 1.41. The van der Waals surface area contributed by atoms with E-state index in [0.29, 0.717) is 56.3 Å². The number of nitrogens with one attached hydrogen (secondary N) is 2. The van der Waals surface area contributed by atoms with Gasteiger partial charge in [0.25, 0.3) is 17.7 Å². The number of carbonyl (C=O) groups is 6. The molecular formula is C64H66F6N8O20. The molecule has 28 nitrogen and oxygen atoms in total. The second kappa shape index (κ2) is 33.3. The van der Waals surface area contributed by atoms with Crippen LogP contribution in [0.2, 0.25) is 0 Å². The quantitative estimate of drug-likeness (QED) is 0.0675. The number of aromatic hydroxyl groups is 1. The van der Waals surface area contributed by atoms with Gasteiger partial charge in [-0.25, -0.2) is 40.7 Å². The standard InChI is InChI=1S/C21H24N2O7.C20H18F3N3O5.C15H18N2O6.C7H6F3N.CO2/c1-13-19(27-2)18(24)15(20(25)28-3)9-23(13)17-12-29-11-16(17)22-21(26)30-10-14-7-5-4-6-8-14;1-2-25-14-7-31-8-15(14)26-6-11(17(27)18(28)16(26)20(25)30)19(29)24-5-10-12(22)3-9(21)4-13(10)23;1-4-16-9-6-23-7-10(9)17-5-8(15(20)22-3)12(18)13(21-2)11(17)14(16)19;8-4-1-6(9)5(3-11)7(10)2-4;2-1-3/h4-9,16-17H,10-12H2,1-3H3,(H,22,26);3-4,6,14-15,28H,2,5,7-8H2,1H3,(H,24,29);5,9-10H,4,6-7H2,1-3H3;1-2H,3,11H2;/t16-,17+;14-,15+;9-,10+;;/m111../s1. The van der Waals surface area contributed by atoms with E-state index in [1.54, 1.807) is 27.9 Å². The number of pyridine rings is 3. The Kier molecular flexibility index (Phi) is 25.4. The third-order valence-electron chi connectivity index (χ3n) is 16.2. The summed E-state index contributed by atoms with van der Waals surface area (Å²) in [5, 5.41) is 15.4. The zero-order chi connectivity index (χ0) is 72.0. The van der Waals surface area contributed by atoms with Gasteiger partial charge in [-0.2, -0.15) is 9.59 Å². The Morgan fingerprint density at radius 2 is 1.04 bits per heavy atom. The highest BCUT2D eigenvalue weighted by Gasteiger charge is 2.47. The topological polar surface area (TPSA) is 353 Å². The van der Waals surface area contributed by atoms with Crippen LogP contribution in [0.3, 0.4) is 0 Å². The van der Waals surface area contributed by atoms with Gasteiger partial charge in [0.15, 0.2) is 28.6 Å². The molecule has 4 amide bonds. The van der Waals surface area contributed by atoms with Gasteiger partial charge in [-0.05, 0) is 26.3 Å². The number of hydrogen-bond donors (Lipinski definition) is 4. The van der Waals surface area contributed by atoms with Crippen molar-refractivity contribution in [2.75, 3.05) is 81.2 Å². The van der Waals surface area contributed by atoms with Crippen LogP contribution in [0.25, 0.3) is 0 Å². The van der Waals surface area contributed by atoms with Crippen LogP contribution < -0.4 is 42.1 Å². The first kappa shape index (κ1) is 74.7. The smallest absolute Gasteiger partial charge is 0.407 e. The second-order valence-corrected chi connectivity index (χ2v) is 21.6. The predicted octanol–water partition coefficient (Wildman–Crippen LogP) is 4.17. The highest BCUT2D eigenvalue weighted by Crippen LogP contribution is 2.37. The van der Waals surface area contributed by atoms with Gasteiger partial charge in [-0.15, -0.1) is 0 Å². The minimum atomic E-state index is -1.20. The summed E-state index contributed by atoms with van der Waals surface area (Å²) in [6.45, 7) is 7.21. The van der Waals surface area contributed by atoms with Crippen molar-refractivity contribution in [2.24, 2.45) is 5.73 Å². The Labute approximate surface area is 552 Å². The van der Waals surface area contributed by atoms with Gasteiger partial charge in [-0.3, -0.25) is 28.8 Å². The number of likely N-dealkylation sites (N-methyl/N-ethyl adjacent to an activating group) is 2. The first-order chi connectivity index (χ1) is 46.8. The summed E-state index contributed by atoms with van der Waals surface area (Å²) in [4.78, 5) is 131. The van der Waals surface area contributed by atoms with E-state index < -0.39 is 117 Å². The summed E-state index contributed by atoms with van der Waals surface area (Å²) in [6, 6.07) is 9.64. The van der Waals surface area contributed by atoms with E-state index in [9.17, 15) is 74.6 Å². The molecule has 3 aromatic heterocycles. The third kappa shape index (κ3) is 15.9. The number of aromatic nitrogens is 3. The minimum absolute atomic E-state index is 0.0372. The molecule has 524 valence electrons. The number of methoxy groups -OCH3 is 4. The van der Waals surface area contributed by atoms with E-state index in [2.05, 4.69) is 15.4 Å². The molecule has 98 heavy (non-hydrogen) atoms. The SMILES string of the molecule is CCN1C(=O)c2c(O)c(=O)c(C(=O)NCc3c(F)cc(F)cc3F)cn2[C@H]2COC[C@H]21.CCN1C(=O)c2c(OC)c(=O)c(C(=O)OC)cn2[C@H]2COC[C@H]21.COC(=O)c1cn([C@H]2COC[C@H]2NC(=O)OCc2ccccc2)c(C)c(OC)c1=O.NCc1c(F)cc(F)cc1F.O=C=O. The molecule has 3 aromatic carbocycles. The van der Waals surface area contributed by atoms with Gasteiger partial charge >= 0.3 is 24.2 Å². The van der Waals surface area contributed by atoms with Crippen LogP contribution in [0.5, 0.6) is 17.2 Å². The fourth-order valence-electron chi connectivity index (χ4n) is 11.5. The molecule has 5 N–H and O–H groups in total. The Hall–Kier alpha value is -10.7. The third-order valence-corrected chi connectivity index (χ3v) is 16.2. The van der Waals surface area contributed by atoms with Crippen LogP contribution in [0.1, 0.15) is 106 Å². The van der Waals surface area contributed by atoms with Gasteiger partial charge in [0, 0.05) is 80.2 Å². The normalized spacial score (nSPS) is 18.3. The predicted molar refractivity (Wildman–Crippen MR) is 325 cm³/mol. The molecule has 0 saturated carbocycles. The van der Waals surface area contributed by atoms with Gasteiger partial charge in [0.1, 0.15) is 58.2 Å². The van der Waals surface area contributed by atoms with E-state index in [-0.39, 0.29) is 115 Å². The number of amides is 4. The largest absolute Gasteiger partial charge is 0.503 e. The molecule has 34 heteroatoms. The lowest BCUT2D eigenvalue weighted by Crippen LogP contribution is -2.51. The molecule has 0 unspecified atom stereocenters. The van der Waals surface area contributed by atoms with Crippen molar-refractivity contribution in [1.29, 1.82) is 0 Å². The summed E-state index contributed by atoms with van der Waals surface area (Å²) >= 11 is 0. The number of benzene rings is 3. The number of nitrogens with two attached hydrogens (primary N) is 1. The molecule has 6 atom stereocenters. The number of ether oxygens (including phenoxy) is 8. The summed E-state index contributed by atoms with van der Waals surface area (Å²) in [5.41, 5.74) is 2.30. The van der Waals surface area contributed by atoms with Gasteiger partial charge in [-0.1, -0.05) is 30.3 Å². The number of fused-ring (bicyclic) bond motifs is 6. The molecule has 0 radical (unpaired) electrons. The van der Waals surface area contributed by atoms with Gasteiger partial charge < -0.3 is 82.9 Å². The maximum absolute atomic E-state index is 13.8. The van der Waals surface area contributed by atoms with Crippen LogP contribution >= 0.6 is 0 Å². The number of hydrogen-bond acceptors (Lipinski definition) is 21. The number of nitrogens with zero attached hydrogens (tertiary/aromatic N) is 5. The van der Waals surface area contributed by atoms with Crippen molar-refractivity contribution in [3.05, 3.63) is 189 Å². The van der Waals surface area contributed by atoms with Crippen molar-refractivity contribution in [1.82, 2.24) is 34.1 Å². The van der Waals surface area contributed by atoms with Crippen LogP contribution in [0.4, 0.5) is 31.1 Å². The zero-order valence-electron chi connectivity index (χ0n) is 53.5. The number of alkyl carbamates (subject to hydrolysis) is 1. The molecule has 3 saturated heterocycles. The van der Waals surface area contributed by atoms with Crippen molar-refractivity contribution >= 4 is 41.9 Å². The lowest BCUT2D eigenvalue weighted by Gasteiger charge is -2.38. The number of esters is 2. The molecule has 8 heterocycles. The molecular weight excluding hydrogens is 1310 g/mol. The monoisotopic (exact) mass is 1380 g/mol. The molecule has 5 aliphatic rings. The Bertz CT molecular complexity index is 4180. The number of rotatable bonds is 14. The Morgan fingerprint density at radius 3 is 1.53 bits per heavy atom. The van der Waals surface area contributed by atoms with Crippen molar-refractivity contribution in [3.63, 3.8) is 0 Å². The van der Waals surface area contributed by atoms with Crippen LogP contribution in [0.15, 0.2) is 87.6 Å². The lowest BCUT2D eigenvalue weighted by atomic mass is 10.0. The van der Waals surface area contributed by atoms with E-state index in [1.807, 2.05) is 37.3 Å². The Balaban J connectivity index is 0.000000190. The molecule has 3 fully saturated rings. The summed E-state index contributed by atoms with van der Waals surface area (Å²) < 4.78 is 124. The average molecular weight is 1380 g/mol. The van der Waals surface area contributed by atoms with Gasteiger partial charge in [0.2, 0.25) is 16.3 Å². The number of carbonyl (C=O) groups excluding carboxylic acids is 8. The first-order valence-electron chi connectivity index (χ1n) is 29.7. The van der Waals surface area contributed by atoms with Crippen LogP contribution in [-0.2, 0) is 57.7 Å². The molecule has 0 aliphatic carbocycles. The maximum atomic E-state index is 13.8. The minimum Gasteiger partial charge on any atom is -0.503 e. The molecule has 6 aromatic rings. The second-order valence-electron chi connectivity index (χ2n) is 21.6. The molecule has 5 aliphatic heterocycles. The molecule has 0 bridgehead atoms. The summed E-state index contributed by atoms with van der Waals surface area (Å²) in [7, 11) is 5.06. The van der Waals surface area contributed by atoms with E-state index >= 15 is 0 Å². The van der Waals surface area contributed by atoms with E-state index in [4.69, 9.17) is 48.5 Å². The van der Waals surface area contributed by atoms with E-state index in [0.717, 1.165) is 11.8 Å². The summed E-state index contributed by atoms with van der Waals surface area (Å²) in [6.07, 6.45) is 3.60. The lowest BCUT2D eigenvalue weighted by molar-refractivity contribution is -0.191. The summed E-state index contributed by atoms with van der Waals surface area (Å²) in [5.74, 6) is -10.7. The van der Waals surface area contributed by atoms with Crippen molar-refractivity contribution < 1.29 is 108 Å². The van der Waals surface area contributed by atoms with Crippen LogP contribution in [-0.4, -0.2) is 170 Å². The Morgan fingerprint density at radius 1 is 0.602 bits per heavy atom. The maximum Gasteiger partial charge on any atom is 0.407 e. The molecule has 0 spiro atoms. The van der Waals surface area contributed by atoms with Crippen molar-refractivity contribution in [2.45, 2.75) is 76.7 Å². The van der Waals surface area contributed by atoms with Crippen LogP contribution in [0, 0.1) is 41.8 Å². The number of halogens is 6.